The van der Waals surface area contributed by atoms with Gasteiger partial charge in [0.15, 0.2) is 0 Å². The van der Waals surface area contributed by atoms with Crippen molar-refractivity contribution in [2.24, 2.45) is 5.73 Å². The lowest BCUT2D eigenvalue weighted by molar-refractivity contribution is -0.124. The van der Waals surface area contributed by atoms with Gasteiger partial charge in [-0.2, -0.15) is 4.31 Å². The highest BCUT2D eigenvalue weighted by Crippen LogP contribution is 2.40. The molecule has 0 aromatic heterocycles. The van der Waals surface area contributed by atoms with Crippen LogP contribution in [0.5, 0.6) is 5.75 Å². The Balaban J connectivity index is 1.26. The molecule has 43 heavy (non-hydrogen) atoms. The number of methoxy groups -OCH3 is 1. The average molecular weight is 648 g/mol. The van der Waals surface area contributed by atoms with E-state index in [1.54, 1.807) is 49.6 Å². The smallest absolute Gasteiger partial charge is 0.243 e. The van der Waals surface area contributed by atoms with Crippen LogP contribution >= 0.6 is 23.2 Å². The number of nitrogens with one attached hydrogen (secondary N) is 1. The number of piperidine rings is 1. The molecule has 2 fully saturated rings. The van der Waals surface area contributed by atoms with E-state index in [4.69, 9.17) is 38.4 Å². The number of carbonyl (C=O) groups is 1. The fourth-order valence-corrected chi connectivity index (χ4v) is 7.66. The second-order valence-electron chi connectivity index (χ2n) is 11.0. The molecule has 2 saturated heterocycles. The van der Waals surface area contributed by atoms with Crippen LogP contribution in [0.2, 0.25) is 10.0 Å². The zero-order valence-corrected chi connectivity index (χ0v) is 26.3. The van der Waals surface area contributed by atoms with Crippen LogP contribution in [0.25, 0.3) is 0 Å². The molecule has 0 spiro atoms. The Morgan fingerprint density at radius 3 is 2.37 bits per heavy atom. The second kappa shape index (κ2) is 13.0. The van der Waals surface area contributed by atoms with Crippen LogP contribution in [-0.2, 0) is 25.2 Å². The number of sulfonamides is 1. The van der Waals surface area contributed by atoms with E-state index >= 15 is 0 Å². The first kappa shape index (κ1) is 31.6. The van der Waals surface area contributed by atoms with Crippen LogP contribution < -0.4 is 15.8 Å². The Bertz CT molecular complexity index is 1550. The van der Waals surface area contributed by atoms with Crippen molar-refractivity contribution in [3.8, 4) is 5.75 Å². The number of carbonyl (C=O) groups excluding carboxylic acids is 1. The van der Waals surface area contributed by atoms with Crippen molar-refractivity contribution in [1.29, 1.82) is 0 Å². The minimum absolute atomic E-state index is 0.150. The molecule has 1 atom stereocenters. The molecule has 0 aliphatic carbocycles. The van der Waals surface area contributed by atoms with Crippen molar-refractivity contribution in [3.63, 3.8) is 0 Å². The third-order valence-electron chi connectivity index (χ3n) is 8.44. The van der Waals surface area contributed by atoms with Crippen molar-refractivity contribution >= 4 is 44.8 Å². The van der Waals surface area contributed by atoms with E-state index < -0.39 is 27.1 Å². The molecule has 0 radical (unpaired) electrons. The zero-order chi connectivity index (χ0) is 30.7. The number of nitrogens with two attached hydrogens (primary N) is 1. The topological polar surface area (TPSA) is 114 Å². The number of nitrogens with zero attached hydrogens (tertiary/aromatic N) is 2. The molecule has 3 aromatic carbocycles. The summed E-state index contributed by atoms with van der Waals surface area (Å²) in [5.74, 6) is 0.299. The second-order valence-corrected chi connectivity index (χ2v) is 13.8. The SMILES string of the molecule is COc1cccc(NC2(C(N)=O)CCN(CCOC3(c4ccc(Cl)c(Cl)c4)CCN(S(=O)(=O)c4ccccc4)C3)CC2)c1. The molecule has 2 heterocycles. The van der Waals surface area contributed by atoms with Gasteiger partial charge in [-0.1, -0.05) is 53.5 Å². The molecular weight excluding hydrogens is 611 g/mol. The Hall–Kier alpha value is -2.86. The van der Waals surface area contributed by atoms with Crippen molar-refractivity contribution in [2.45, 2.75) is 35.3 Å². The van der Waals surface area contributed by atoms with Crippen LogP contribution in [-0.4, -0.2) is 75.5 Å². The Kier molecular flexibility index (Phi) is 9.55. The molecule has 3 N–H and O–H groups in total. The zero-order valence-electron chi connectivity index (χ0n) is 24.0. The van der Waals surface area contributed by atoms with E-state index in [9.17, 15) is 13.2 Å². The molecule has 5 rings (SSSR count). The standard InChI is InChI=1S/C31H36Cl2N4O5S/c1-41-25-7-5-6-24(21-25)35-30(29(34)38)12-15-36(16-13-30)18-19-42-31(23-10-11-27(32)28(33)20-23)14-17-37(22-31)43(39,40)26-8-3-2-4-9-26/h2-11,20-21,35H,12-19,22H2,1H3,(H2,34,38). The molecule has 0 bridgehead atoms. The van der Waals surface area contributed by atoms with Gasteiger partial charge in [-0.05, 0) is 61.2 Å². The summed E-state index contributed by atoms with van der Waals surface area (Å²) in [7, 11) is -2.11. The molecular formula is C31H36Cl2N4O5S. The first-order valence-corrected chi connectivity index (χ1v) is 16.4. The fraction of sp³-hybridized carbons (Fsp3) is 0.387. The van der Waals surface area contributed by atoms with E-state index in [-0.39, 0.29) is 11.4 Å². The summed E-state index contributed by atoms with van der Waals surface area (Å²) < 4.78 is 40.3. The van der Waals surface area contributed by atoms with Gasteiger partial charge in [-0.25, -0.2) is 8.42 Å². The third-order valence-corrected chi connectivity index (χ3v) is 11.0. The number of hydrogen-bond donors (Lipinski definition) is 2. The van der Waals surface area contributed by atoms with Crippen LogP contribution in [0.4, 0.5) is 5.69 Å². The van der Waals surface area contributed by atoms with Gasteiger partial charge in [0.1, 0.15) is 16.9 Å². The highest BCUT2D eigenvalue weighted by molar-refractivity contribution is 7.89. The summed E-state index contributed by atoms with van der Waals surface area (Å²) in [5, 5.41) is 4.16. The molecule has 3 aromatic rings. The fourth-order valence-electron chi connectivity index (χ4n) is 5.85. The number of primary amides is 1. The maximum atomic E-state index is 13.4. The Morgan fingerprint density at radius 1 is 0.953 bits per heavy atom. The van der Waals surface area contributed by atoms with Gasteiger partial charge < -0.3 is 25.4 Å². The van der Waals surface area contributed by atoms with Crippen molar-refractivity contribution < 1.29 is 22.7 Å². The Morgan fingerprint density at radius 2 is 1.70 bits per heavy atom. The summed E-state index contributed by atoms with van der Waals surface area (Å²) >= 11 is 12.6. The largest absolute Gasteiger partial charge is 0.497 e. The molecule has 2 aliphatic heterocycles. The lowest BCUT2D eigenvalue weighted by Crippen LogP contribution is -2.57. The third kappa shape index (κ3) is 6.79. The highest BCUT2D eigenvalue weighted by atomic mass is 35.5. The van der Waals surface area contributed by atoms with E-state index in [1.807, 2.05) is 30.3 Å². The van der Waals surface area contributed by atoms with Crippen molar-refractivity contribution in [1.82, 2.24) is 9.21 Å². The van der Waals surface area contributed by atoms with Crippen LogP contribution in [0, 0.1) is 0 Å². The summed E-state index contributed by atoms with van der Waals surface area (Å²) in [6, 6.07) is 21.2. The predicted octanol–water partition coefficient (Wildman–Crippen LogP) is 4.74. The summed E-state index contributed by atoms with van der Waals surface area (Å²) in [6.07, 6.45) is 1.52. The van der Waals surface area contributed by atoms with E-state index in [1.165, 1.54) is 4.31 Å². The average Bonchev–Trinajstić information content (AvgIpc) is 3.46. The van der Waals surface area contributed by atoms with E-state index in [2.05, 4.69) is 10.2 Å². The lowest BCUT2D eigenvalue weighted by atomic mass is 9.86. The van der Waals surface area contributed by atoms with Crippen LogP contribution in [0.1, 0.15) is 24.8 Å². The van der Waals surface area contributed by atoms with Crippen LogP contribution in [0.15, 0.2) is 77.7 Å². The molecule has 12 heteroatoms. The van der Waals surface area contributed by atoms with Crippen molar-refractivity contribution in [3.05, 3.63) is 88.4 Å². The lowest BCUT2D eigenvalue weighted by Gasteiger charge is -2.41. The maximum absolute atomic E-state index is 13.4. The number of amides is 1. The number of ether oxygens (including phenoxy) is 2. The molecule has 0 saturated carbocycles. The van der Waals surface area contributed by atoms with Gasteiger partial charge >= 0.3 is 0 Å². The maximum Gasteiger partial charge on any atom is 0.243 e. The number of rotatable bonds is 11. The van der Waals surface area contributed by atoms with Gasteiger partial charge in [-0.15, -0.1) is 0 Å². The minimum Gasteiger partial charge on any atom is -0.497 e. The predicted molar refractivity (Wildman–Crippen MR) is 168 cm³/mol. The normalized spacial score (nSPS) is 21.0. The van der Waals surface area contributed by atoms with Gasteiger partial charge in [0, 0.05) is 44.5 Å². The van der Waals surface area contributed by atoms with Gasteiger partial charge in [0.25, 0.3) is 0 Å². The number of hydrogen-bond acceptors (Lipinski definition) is 7. The van der Waals surface area contributed by atoms with Gasteiger partial charge in [-0.3, -0.25) is 4.79 Å². The number of halogens is 2. The molecule has 230 valence electrons. The highest BCUT2D eigenvalue weighted by Gasteiger charge is 2.46. The minimum atomic E-state index is -3.71. The molecule has 1 amide bonds. The summed E-state index contributed by atoms with van der Waals surface area (Å²) in [6.45, 7) is 2.68. The number of likely N-dealkylation sites (tertiary alicyclic amines) is 1. The summed E-state index contributed by atoms with van der Waals surface area (Å²) in [4.78, 5) is 15.1. The first-order chi connectivity index (χ1) is 20.6. The van der Waals surface area contributed by atoms with Crippen LogP contribution in [0.3, 0.4) is 0 Å². The monoisotopic (exact) mass is 646 g/mol. The molecule has 2 aliphatic rings. The number of benzene rings is 3. The first-order valence-electron chi connectivity index (χ1n) is 14.2. The van der Waals surface area contributed by atoms with Gasteiger partial charge in [0.05, 0.1) is 28.7 Å². The Labute approximate surface area is 262 Å². The van der Waals surface area contributed by atoms with Gasteiger partial charge in [0.2, 0.25) is 15.9 Å². The molecule has 9 nitrogen and oxygen atoms in total. The summed E-state index contributed by atoms with van der Waals surface area (Å²) in [5.41, 5.74) is 5.68. The van der Waals surface area contributed by atoms with Crippen molar-refractivity contribution in [2.75, 3.05) is 51.8 Å². The number of anilines is 1. The molecule has 1 unspecified atom stereocenters. The van der Waals surface area contributed by atoms with E-state index in [0.29, 0.717) is 67.8 Å². The quantitative estimate of drug-likeness (QED) is 0.309. The van der Waals surface area contributed by atoms with E-state index in [0.717, 1.165) is 11.3 Å².